The van der Waals surface area contributed by atoms with Gasteiger partial charge in [0.2, 0.25) is 5.91 Å². The average molecular weight is 350 g/mol. The van der Waals surface area contributed by atoms with Gasteiger partial charge in [0.25, 0.3) is 0 Å². The summed E-state index contributed by atoms with van der Waals surface area (Å²) in [6.45, 7) is 0.459. The number of methoxy groups -OCH3 is 1. The number of fused-ring (bicyclic) bond motifs is 1. The molecule has 0 aromatic heterocycles. The highest BCUT2D eigenvalue weighted by atomic mass is 35.5. The Morgan fingerprint density at radius 2 is 2.17 bits per heavy atom. The van der Waals surface area contributed by atoms with Crippen molar-refractivity contribution in [3.63, 3.8) is 0 Å². The quantitative estimate of drug-likeness (QED) is 0.852. The zero-order chi connectivity index (χ0) is 17.3. The smallest absolute Gasteiger partial charge is 0.238 e. The minimum absolute atomic E-state index is 0.0901. The van der Waals surface area contributed by atoms with E-state index in [2.05, 4.69) is 0 Å². The van der Waals surface area contributed by atoms with Crippen molar-refractivity contribution in [1.29, 1.82) is 0 Å². The number of amides is 1. The van der Waals surface area contributed by atoms with Crippen LogP contribution in [0.25, 0.3) is 0 Å². The number of carbonyl (C=O) groups excluding carboxylic acids is 2. The van der Waals surface area contributed by atoms with Crippen LogP contribution in [-0.2, 0) is 16.0 Å². The number of aliphatic hydroxyl groups is 1. The number of alkyl halides is 1. The molecule has 3 rings (SSSR count). The van der Waals surface area contributed by atoms with Gasteiger partial charge in [-0.15, -0.1) is 11.6 Å². The summed E-state index contributed by atoms with van der Waals surface area (Å²) in [6.07, 6.45) is 2.16. The van der Waals surface area contributed by atoms with Gasteiger partial charge < -0.3 is 14.7 Å². The molecule has 1 aliphatic carbocycles. The first kappa shape index (κ1) is 16.8. The van der Waals surface area contributed by atoms with Gasteiger partial charge in [0.1, 0.15) is 17.4 Å². The van der Waals surface area contributed by atoms with Gasteiger partial charge in [-0.05, 0) is 36.1 Å². The Morgan fingerprint density at radius 3 is 2.83 bits per heavy atom. The van der Waals surface area contributed by atoms with E-state index in [1.54, 1.807) is 12.0 Å². The SMILES string of the molecule is COc1ccc2c(c1)CCN(C(=O)CCl)[C@@H]2C1=C(O)CCCC1=O. The molecule has 0 radical (unpaired) electrons. The van der Waals surface area contributed by atoms with Crippen LogP contribution in [0.4, 0.5) is 0 Å². The Balaban J connectivity index is 2.14. The summed E-state index contributed by atoms with van der Waals surface area (Å²) < 4.78 is 5.27. The van der Waals surface area contributed by atoms with Gasteiger partial charge in [-0.25, -0.2) is 0 Å². The van der Waals surface area contributed by atoms with Crippen LogP contribution in [-0.4, -0.2) is 41.2 Å². The Bertz CT molecular complexity index is 713. The number of Topliss-reactive ketones (excluding diaryl/α,β-unsaturated/α-hetero) is 1. The van der Waals surface area contributed by atoms with Crippen LogP contribution in [0.1, 0.15) is 36.4 Å². The van der Waals surface area contributed by atoms with Crippen LogP contribution in [0.2, 0.25) is 0 Å². The molecule has 0 fully saturated rings. The molecule has 5 nitrogen and oxygen atoms in total. The normalized spacial score (nSPS) is 20.8. The van der Waals surface area contributed by atoms with Crippen LogP contribution in [0.3, 0.4) is 0 Å². The molecule has 1 heterocycles. The number of hydrogen-bond donors (Lipinski definition) is 1. The predicted molar refractivity (Wildman–Crippen MR) is 90.4 cm³/mol. The minimum atomic E-state index is -0.571. The Hall–Kier alpha value is -2.01. The van der Waals surface area contributed by atoms with Crippen LogP contribution in [0.15, 0.2) is 29.5 Å². The van der Waals surface area contributed by atoms with E-state index in [1.807, 2.05) is 18.2 Å². The molecule has 1 aromatic rings. The lowest BCUT2D eigenvalue weighted by Crippen LogP contribution is -2.43. The highest BCUT2D eigenvalue weighted by Gasteiger charge is 2.38. The molecule has 1 N–H and O–H groups in total. The maximum Gasteiger partial charge on any atom is 0.238 e. The fourth-order valence-corrected chi connectivity index (χ4v) is 3.70. The second-order valence-electron chi connectivity index (χ2n) is 6.08. The molecule has 1 aliphatic heterocycles. The number of hydrogen-bond acceptors (Lipinski definition) is 4. The van der Waals surface area contributed by atoms with Crippen LogP contribution in [0.5, 0.6) is 5.75 Å². The standard InChI is InChI=1S/C18H20ClNO4/c1-24-12-5-6-13-11(9-12)7-8-20(16(23)10-19)18(13)17-14(21)3-2-4-15(17)22/h5-6,9,18,21H,2-4,7-8,10H2,1H3/t18-/m0/s1. The monoisotopic (exact) mass is 349 g/mol. The molecular formula is C18H20ClNO4. The number of allylic oxidation sites excluding steroid dienone is 1. The van der Waals surface area contributed by atoms with E-state index in [0.717, 1.165) is 16.9 Å². The van der Waals surface area contributed by atoms with Crippen LogP contribution < -0.4 is 4.74 Å². The summed E-state index contributed by atoms with van der Waals surface area (Å²) in [6, 6.07) is 5.04. The van der Waals surface area contributed by atoms with Gasteiger partial charge in [0.15, 0.2) is 5.78 Å². The van der Waals surface area contributed by atoms with E-state index in [-0.39, 0.29) is 23.3 Å². The van der Waals surface area contributed by atoms with E-state index in [1.165, 1.54) is 0 Å². The van der Waals surface area contributed by atoms with Crippen molar-refractivity contribution in [3.05, 3.63) is 40.7 Å². The number of ketones is 1. The Labute approximate surface area is 145 Å². The molecular weight excluding hydrogens is 330 g/mol. The molecule has 128 valence electrons. The number of ether oxygens (including phenoxy) is 1. The van der Waals surface area contributed by atoms with Gasteiger partial charge in [-0.3, -0.25) is 9.59 Å². The van der Waals surface area contributed by atoms with Crippen LogP contribution in [0, 0.1) is 0 Å². The number of halogens is 1. The summed E-state index contributed by atoms with van der Waals surface area (Å²) in [5.41, 5.74) is 2.22. The largest absolute Gasteiger partial charge is 0.512 e. The highest BCUT2D eigenvalue weighted by Crippen LogP contribution is 2.40. The second kappa shape index (κ2) is 6.85. The van der Waals surface area contributed by atoms with E-state index < -0.39 is 6.04 Å². The van der Waals surface area contributed by atoms with E-state index in [4.69, 9.17) is 16.3 Å². The van der Waals surface area contributed by atoms with Crippen molar-refractivity contribution in [1.82, 2.24) is 4.90 Å². The molecule has 1 atom stereocenters. The molecule has 24 heavy (non-hydrogen) atoms. The van der Waals surface area contributed by atoms with E-state index in [9.17, 15) is 14.7 Å². The molecule has 1 amide bonds. The first-order chi connectivity index (χ1) is 11.6. The number of nitrogens with zero attached hydrogens (tertiary/aromatic N) is 1. The molecule has 0 bridgehead atoms. The lowest BCUT2D eigenvalue weighted by molar-refractivity contribution is -0.131. The summed E-state index contributed by atoms with van der Waals surface area (Å²) in [5, 5.41) is 10.4. The highest BCUT2D eigenvalue weighted by molar-refractivity contribution is 6.27. The third-order valence-corrected chi connectivity index (χ3v) is 4.94. The zero-order valence-corrected chi connectivity index (χ0v) is 14.3. The summed E-state index contributed by atoms with van der Waals surface area (Å²) >= 11 is 5.76. The van der Waals surface area contributed by atoms with E-state index in [0.29, 0.717) is 37.8 Å². The first-order valence-corrected chi connectivity index (χ1v) is 8.57. The summed E-state index contributed by atoms with van der Waals surface area (Å²) in [5.74, 6) is 0.344. The van der Waals surface area contributed by atoms with Crippen molar-refractivity contribution >= 4 is 23.3 Å². The number of benzene rings is 1. The third-order valence-electron chi connectivity index (χ3n) is 4.72. The van der Waals surface area contributed by atoms with Gasteiger partial charge in [-0.2, -0.15) is 0 Å². The topological polar surface area (TPSA) is 66.8 Å². The zero-order valence-electron chi connectivity index (χ0n) is 13.5. The fourth-order valence-electron chi connectivity index (χ4n) is 3.54. The van der Waals surface area contributed by atoms with Crippen molar-refractivity contribution in [2.45, 2.75) is 31.7 Å². The Morgan fingerprint density at radius 1 is 1.38 bits per heavy atom. The van der Waals surface area contributed by atoms with Gasteiger partial charge in [-0.1, -0.05) is 6.07 Å². The Kier molecular flexibility index (Phi) is 4.81. The van der Waals surface area contributed by atoms with Crippen molar-refractivity contribution < 1.29 is 19.4 Å². The number of carbonyl (C=O) groups is 2. The molecule has 0 saturated heterocycles. The van der Waals surface area contributed by atoms with Gasteiger partial charge in [0.05, 0.1) is 18.7 Å². The molecule has 0 spiro atoms. The molecule has 2 aliphatic rings. The predicted octanol–water partition coefficient (Wildman–Crippen LogP) is 2.92. The second-order valence-corrected chi connectivity index (χ2v) is 6.34. The number of aliphatic hydroxyl groups excluding tert-OH is 1. The molecule has 6 heteroatoms. The van der Waals surface area contributed by atoms with Crippen LogP contribution >= 0.6 is 11.6 Å². The minimum Gasteiger partial charge on any atom is -0.512 e. The fraction of sp³-hybridized carbons (Fsp3) is 0.444. The van der Waals surface area contributed by atoms with Crippen molar-refractivity contribution in [2.24, 2.45) is 0 Å². The molecule has 0 saturated carbocycles. The first-order valence-electron chi connectivity index (χ1n) is 8.04. The summed E-state index contributed by atoms with van der Waals surface area (Å²) in [7, 11) is 1.60. The third kappa shape index (κ3) is 2.88. The molecule has 0 unspecified atom stereocenters. The maximum absolute atomic E-state index is 12.5. The van der Waals surface area contributed by atoms with E-state index >= 15 is 0 Å². The lowest BCUT2D eigenvalue weighted by atomic mass is 9.82. The van der Waals surface area contributed by atoms with Gasteiger partial charge in [0, 0.05) is 19.4 Å². The molecule has 1 aromatic carbocycles. The maximum atomic E-state index is 12.5. The summed E-state index contributed by atoms with van der Waals surface area (Å²) in [4.78, 5) is 26.4. The lowest BCUT2D eigenvalue weighted by Gasteiger charge is -2.39. The van der Waals surface area contributed by atoms with Crippen molar-refractivity contribution in [3.8, 4) is 5.75 Å². The number of rotatable bonds is 3. The van der Waals surface area contributed by atoms with Gasteiger partial charge >= 0.3 is 0 Å². The average Bonchev–Trinajstić information content (AvgIpc) is 2.60. The van der Waals surface area contributed by atoms with Crippen molar-refractivity contribution in [2.75, 3.05) is 19.5 Å².